The molecule has 1 atom stereocenters. The van der Waals surface area contributed by atoms with Crippen LogP contribution in [0.15, 0.2) is 30.6 Å². The third-order valence-corrected chi connectivity index (χ3v) is 3.32. The van der Waals surface area contributed by atoms with Crippen molar-refractivity contribution in [2.75, 3.05) is 20.0 Å². The second-order valence-electron chi connectivity index (χ2n) is 4.79. The number of hydrogen-bond donors (Lipinski definition) is 1. The molecule has 0 aliphatic heterocycles. The predicted octanol–water partition coefficient (Wildman–Crippen LogP) is 2.00. The highest BCUT2D eigenvalue weighted by Gasteiger charge is 2.18. The lowest BCUT2D eigenvalue weighted by atomic mass is 10.00. The molecule has 1 aromatic heterocycles. The minimum atomic E-state index is -0.223. The number of methoxy groups -OCH3 is 2. The number of anilines is 1. The van der Waals surface area contributed by atoms with Gasteiger partial charge in [0.1, 0.15) is 0 Å². The molecule has 21 heavy (non-hydrogen) atoms. The number of carbonyl (C=O) groups is 1. The zero-order valence-corrected chi connectivity index (χ0v) is 12.4. The molecule has 2 aromatic rings. The molecule has 0 saturated heterocycles. The molecule has 1 aromatic carbocycles. The Morgan fingerprint density at radius 3 is 2.62 bits per heavy atom. The van der Waals surface area contributed by atoms with Crippen LogP contribution in [0.1, 0.15) is 17.3 Å². The second-order valence-corrected chi connectivity index (χ2v) is 4.79. The number of nitrogens with zero attached hydrogens (tertiary/aromatic N) is 2. The van der Waals surface area contributed by atoms with E-state index in [1.807, 2.05) is 25.1 Å². The fraction of sp³-hybridized carbons (Fsp3) is 0.333. The lowest BCUT2D eigenvalue weighted by molar-refractivity contribution is 0.0847. The number of nitrogen functional groups attached to an aromatic ring is 1. The van der Waals surface area contributed by atoms with Crippen LogP contribution in [0.5, 0.6) is 11.5 Å². The van der Waals surface area contributed by atoms with E-state index in [-0.39, 0.29) is 17.8 Å². The summed E-state index contributed by atoms with van der Waals surface area (Å²) in [5.41, 5.74) is 6.64. The van der Waals surface area contributed by atoms with E-state index >= 15 is 0 Å². The van der Waals surface area contributed by atoms with Gasteiger partial charge in [-0.05, 0) is 24.1 Å². The minimum absolute atomic E-state index is 0.0835. The van der Waals surface area contributed by atoms with Crippen LogP contribution < -0.4 is 15.2 Å². The van der Waals surface area contributed by atoms with E-state index in [1.165, 1.54) is 10.8 Å². The third-order valence-electron chi connectivity index (χ3n) is 3.32. The first-order valence-corrected chi connectivity index (χ1v) is 6.60. The van der Waals surface area contributed by atoms with E-state index in [2.05, 4.69) is 4.98 Å². The summed E-state index contributed by atoms with van der Waals surface area (Å²) >= 11 is 0. The van der Waals surface area contributed by atoms with Crippen molar-refractivity contribution in [3.8, 4) is 11.5 Å². The molecular weight excluding hydrogens is 270 g/mol. The quantitative estimate of drug-likeness (QED) is 0.910. The third kappa shape index (κ3) is 3.16. The van der Waals surface area contributed by atoms with Crippen molar-refractivity contribution in [3.05, 3.63) is 36.2 Å². The summed E-state index contributed by atoms with van der Waals surface area (Å²) in [6.07, 6.45) is 3.66. The van der Waals surface area contributed by atoms with Crippen molar-refractivity contribution in [1.29, 1.82) is 0 Å². The topological polar surface area (TPSA) is 79.4 Å². The normalized spacial score (nSPS) is 12.0. The van der Waals surface area contributed by atoms with Gasteiger partial charge >= 0.3 is 0 Å². The predicted molar refractivity (Wildman–Crippen MR) is 79.7 cm³/mol. The molecule has 0 aliphatic carbocycles. The second kappa shape index (κ2) is 6.30. The Bertz CT molecular complexity index is 637. The SMILES string of the molecule is COc1ccc(CC(C)C(=O)n2ccnc2N)cc1OC. The maximum Gasteiger partial charge on any atom is 0.236 e. The smallest absolute Gasteiger partial charge is 0.236 e. The molecule has 0 bridgehead atoms. The molecule has 0 amide bonds. The van der Waals surface area contributed by atoms with Gasteiger partial charge < -0.3 is 15.2 Å². The molecule has 0 saturated carbocycles. The lowest BCUT2D eigenvalue weighted by Crippen LogP contribution is -2.22. The first kappa shape index (κ1) is 14.9. The average molecular weight is 289 g/mol. The van der Waals surface area contributed by atoms with Crippen LogP contribution in [0.4, 0.5) is 5.95 Å². The van der Waals surface area contributed by atoms with Crippen LogP contribution >= 0.6 is 0 Å². The fourth-order valence-corrected chi connectivity index (χ4v) is 2.19. The van der Waals surface area contributed by atoms with Gasteiger partial charge in [0, 0.05) is 18.3 Å². The largest absolute Gasteiger partial charge is 0.493 e. The number of aromatic nitrogens is 2. The van der Waals surface area contributed by atoms with Crippen LogP contribution in [0.3, 0.4) is 0 Å². The van der Waals surface area contributed by atoms with E-state index in [1.54, 1.807) is 20.4 Å². The number of nitrogens with two attached hydrogens (primary N) is 1. The molecule has 6 nitrogen and oxygen atoms in total. The fourth-order valence-electron chi connectivity index (χ4n) is 2.19. The summed E-state index contributed by atoms with van der Waals surface area (Å²) in [6, 6.07) is 5.62. The van der Waals surface area contributed by atoms with E-state index in [0.717, 1.165) is 5.56 Å². The number of carbonyl (C=O) groups excluding carboxylic acids is 1. The Hall–Kier alpha value is -2.50. The molecule has 1 heterocycles. The molecule has 0 radical (unpaired) electrons. The van der Waals surface area contributed by atoms with Crippen LogP contribution in [-0.4, -0.2) is 29.7 Å². The molecule has 0 spiro atoms. The van der Waals surface area contributed by atoms with Crippen molar-refractivity contribution in [2.45, 2.75) is 13.3 Å². The van der Waals surface area contributed by atoms with Crippen LogP contribution in [0, 0.1) is 5.92 Å². The highest BCUT2D eigenvalue weighted by Crippen LogP contribution is 2.28. The van der Waals surface area contributed by atoms with Gasteiger partial charge in [-0.3, -0.25) is 9.36 Å². The van der Waals surface area contributed by atoms with Gasteiger partial charge in [-0.15, -0.1) is 0 Å². The summed E-state index contributed by atoms with van der Waals surface area (Å²) in [5.74, 6) is 1.22. The summed E-state index contributed by atoms with van der Waals surface area (Å²) in [5, 5.41) is 0. The Morgan fingerprint density at radius 1 is 1.33 bits per heavy atom. The Morgan fingerprint density at radius 2 is 2.05 bits per heavy atom. The molecular formula is C15H19N3O3. The van der Waals surface area contributed by atoms with Crippen LogP contribution in [0.25, 0.3) is 0 Å². The monoisotopic (exact) mass is 289 g/mol. The number of benzene rings is 1. The van der Waals surface area contributed by atoms with E-state index in [0.29, 0.717) is 17.9 Å². The molecule has 2 rings (SSSR count). The number of rotatable bonds is 5. The molecule has 2 N–H and O–H groups in total. The van der Waals surface area contributed by atoms with E-state index < -0.39 is 0 Å². The summed E-state index contributed by atoms with van der Waals surface area (Å²) in [6.45, 7) is 1.86. The molecule has 112 valence electrons. The molecule has 0 fully saturated rings. The Kier molecular flexibility index (Phi) is 4.47. The van der Waals surface area contributed by atoms with Gasteiger partial charge in [-0.2, -0.15) is 0 Å². The van der Waals surface area contributed by atoms with E-state index in [9.17, 15) is 4.79 Å². The highest BCUT2D eigenvalue weighted by molar-refractivity contribution is 5.83. The Labute approximate surface area is 123 Å². The molecule has 0 aliphatic rings. The van der Waals surface area contributed by atoms with Crippen molar-refractivity contribution >= 4 is 11.9 Å². The Balaban J connectivity index is 2.14. The molecule has 6 heteroatoms. The van der Waals surface area contributed by atoms with Gasteiger partial charge in [-0.25, -0.2) is 4.98 Å². The standard InChI is InChI=1S/C15H19N3O3/c1-10(14(19)18-7-6-17-15(18)16)8-11-4-5-12(20-2)13(9-11)21-3/h4-7,9-10H,8H2,1-3H3,(H2,16,17). The van der Waals surface area contributed by atoms with Gasteiger partial charge in [0.25, 0.3) is 0 Å². The van der Waals surface area contributed by atoms with Crippen molar-refractivity contribution < 1.29 is 14.3 Å². The summed E-state index contributed by atoms with van der Waals surface area (Å²) < 4.78 is 11.8. The first-order valence-electron chi connectivity index (χ1n) is 6.60. The van der Waals surface area contributed by atoms with Gasteiger partial charge in [0.05, 0.1) is 14.2 Å². The van der Waals surface area contributed by atoms with Crippen LogP contribution in [-0.2, 0) is 6.42 Å². The zero-order chi connectivity index (χ0) is 15.4. The summed E-state index contributed by atoms with van der Waals surface area (Å²) in [7, 11) is 3.17. The minimum Gasteiger partial charge on any atom is -0.493 e. The number of hydrogen-bond acceptors (Lipinski definition) is 5. The average Bonchev–Trinajstić information content (AvgIpc) is 2.92. The number of ether oxygens (including phenoxy) is 2. The summed E-state index contributed by atoms with van der Waals surface area (Å²) in [4.78, 5) is 16.2. The van der Waals surface area contributed by atoms with Gasteiger partial charge in [0.2, 0.25) is 11.9 Å². The van der Waals surface area contributed by atoms with Gasteiger partial charge in [0.15, 0.2) is 11.5 Å². The number of imidazole rings is 1. The van der Waals surface area contributed by atoms with Crippen molar-refractivity contribution in [1.82, 2.24) is 9.55 Å². The highest BCUT2D eigenvalue weighted by atomic mass is 16.5. The lowest BCUT2D eigenvalue weighted by Gasteiger charge is -2.14. The maximum absolute atomic E-state index is 12.3. The maximum atomic E-state index is 12.3. The van der Waals surface area contributed by atoms with Crippen molar-refractivity contribution in [2.24, 2.45) is 5.92 Å². The van der Waals surface area contributed by atoms with Crippen molar-refractivity contribution in [3.63, 3.8) is 0 Å². The first-order chi connectivity index (χ1) is 10.1. The van der Waals surface area contributed by atoms with E-state index in [4.69, 9.17) is 15.2 Å². The zero-order valence-electron chi connectivity index (χ0n) is 12.4. The molecule has 1 unspecified atom stereocenters. The van der Waals surface area contributed by atoms with Gasteiger partial charge in [-0.1, -0.05) is 13.0 Å². The van der Waals surface area contributed by atoms with Crippen LogP contribution in [0.2, 0.25) is 0 Å².